The first-order valence-electron chi connectivity index (χ1n) is 9.11. The minimum Gasteiger partial charge on any atom is -0.497 e. The molecule has 0 fully saturated rings. The number of nitro benzene ring substituents is 1. The zero-order chi connectivity index (χ0) is 22.1. The number of allylic oxidation sites excluding steroid dienone is 1. The molecule has 0 saturated heterocycles. The summed E-state index contributed by atoms with van der Waals surface area (Å²) in [5.74, 6) is 0.627. The molecule has 1 aliphatic rings. The number of nitro groups is 1. The fraction of sp³-hybridized carbons (Fsp3) is 0.143. The molecule has 3 aromatic rings. The molecule has 0 amide bonds. The number of aromatic amines is 1. The summed E-state index contributed by atoms with van der Waals surface area (Å²) >= 11 is 0. The lowest BCUT2D eigenvalue weighted by Crippen LogP contribution is -2.21. The van der Waals surface area contributed by atoms with Crippen molar-refractivity contribution in [1.82, 2.24) is 10.2 Å². The van der Waals surface area contributed by atoms with Gasteiger partial charge in [-0.25, -0.2) is 0 Å². The number of hydrogen-bond acceptors (Lipinski definition) is 8. The lowest BCUT2D eigenvalue weighted by atomic mass is 9.83. The third-order valence-electron chi connectivity index (χ3n) is 5.05. The SMILES string of the molecule is COc1ccc(OC)c(-c2[nH]nc3c2[C@H](c2ccc([N+](=O)[O-])cc2)C(C#N)=C(N)O3)c1. The van der Waals surface area contributed by atoms with Crippen molar-refractivity contribution in [1.29, 1.82) is 5.26 Å². The van der Waals surface area contributed by atoms with Crippen molar-refractivity contribution < 1.29 is 19.1 Å². The van der Waals surface area contributed by atoms with Crippen LogP contribution in [0.1, 0.15) is 17.0 Å². The van der Waals surface area contributed by atoms with Gasteiger partial charge in [0, 0.05) is 17.7 Å². The van der Waals surface area contributed by atoms with Gasteiger partial charge in [-0.15, -0.1) is 5.10 Å². The second-order valence-electron chi connectivity index (χ2n) is 6.66. The van der Waals surface area contributed by atoms with Gasteiger partial charge in [-0.1, -0.05) is 12.1 Å². The number of nitrogens with two attached hydrogens (primary N) is 1. The van der Waals surface area contributed by atoms with Crippen LogP contribution in [0.15, 0.2) is 53.9 Å². The van der Waals surface area contributed by atoms with Crippen molar-refractivity contribution in [3.63, 3.8) is 0 Å². The Bertz CT molecular complexity index is 1240. The molecule has 10 heteroatoms. The van der Waals surface area contributed by atoms with Crippen LogP contribution >= 0.6 is 0 Å². The predicted molar refractivity (Wildman–Crippen MR) is 110 cm³/mol. The average Bonchev–Trinajstić information content (AvgIpc) is 3.20. The van der Waals surface area contributed by atoms with Gasteiger partial charge < -0.3 is 19.9 Å². The Kier molecular flexibility index (Phi) is 4.92. The smallest absolute Gasteiger partial charge is 0.269 e. The molecule has 3 N–H and O–H groups in total. The quantitative estimate of drug-likeness (QED) is 0.473. The molecule has 1 aromatic heterocycles. The van der Waals surface area contributed by atoms with Crippen molar-refractivity contribution in [2.45, 2.75) is 5.92 Å². The monoisotopic (exact) mass is 419 g/mol. The van der Waals surface area contributed by atoms with Crippen molar-refractivity contribution in [2.24, 2.45) is 5.73 Å². The molecular formula is C21H17N5O5. The fourth-order valence-electron chi connectivity index (χ4n) is 3.58. The summed E-state index contributed by atoms with van der Waals surface area (Å²) in [5.41, 5.74) is 8.48. The van der Waals surface area contributed by atoms with Gasteiger partial charge >= 0.3 is 0 Å². The van der Waals surface area contributed by atoms with E-state index in [-0.39, 0.29) is 23.0 Å². The molecule has 0 saturated carbocycles. The van der Waals surface area contributed by atoms with Crippen molar-refractivity contribution >= 4 is 5.69 Å². The zero-order valence-corrected chi connectivity index (χ0v) is 16.6. The van der Waals surface area contributed by atoms with Gasteiger partial charge in [-0.3, -0.25) is 15.2 Å². The maximum absolute atomic E-state index is 11.1. The Morgan fingerprint density at radius 3 is 2.58 bits per heavy atom. The molecule has 4 rings (SSSR count). The van der Waals surface area contributed by atoms with E-state index in [1.807, 2.05) is 0 Å². The second kappa shape index (κ2) is 7.72. The van der Waals surface area contributed by atoms with Crippen LogP contribution in [0.25, 0.3) is 11.3 Å². The number of methoxy groups -OCH3 is 2. The summed E-state index contributed by atoms with van der Waals surface area (Å²) in [5, 5.41) is 28.0. The van der Waals surface area contributed by atoms with E-state index in [9.17, 15) is 15.4 Å². The second-order valence-corrected chi connectivity index (χ2v) is 6.66. The van der Waals surface area contributed by atoms with Crippen LogP contribution in [0.4, 0.5) is 5.69 Å². The van der Waals surface area contributed by atoms with Gasteiger partial charge in [-0.05, 0) is 23.8 Å². The highest BCUT2D eigenvalue weighted by Crippen LogP contribution is 2.47. The number of rotatable bonds is 5. The van der Waals surface area contributed by atoms with E-state index in [0.29, 0.717) is 33.9 Å². The van der Waals surface area contributed by atoms with Crippen molar-refractivity contribution in [3.05, 3.63) is 75.2 Å². The number of non-ortho nitro benzene ring substituents is 1. The van der Waals surface area contributed by atoms with Crippen LogP contribution in [-0.2, 0) is 0 Å². The number of H-pyrrole nitrogens is 1. The van der Waals surface area contributed by atoms with E-state index in [1.54, 1.807) is 37.4 Å². The Labute approximate surface area is 176 Å². The van der Waals surface area contributed by atoms with Gasteiger partial charge in [0.15, 0.2) is 0 Å². The topological polar surface area (TPSA) is 149 Å². The average molecular weight is 419 g/mol. The van der Waals surface area contributed by atoms with E-state index in [1.165, 1.54) is 19.2 Å². The molecule has 0 spiro atoms. The summed E-state index contributed by atoms with van der Waals surface area (Å²) < 4.78 is 16.4. The van der Waals surface area contributed by atoms with Crippen LogP contribution in [-0.4, -0.2) is 29.3 Å². The first-order valence-corrected chi connectivity index (χ1v) is 9.11. The van der Waals surface area contributed by atoms with E-state index in [2.05, 4.69) is 16.3 Å². The molecule has 2 aromatic carbocycles. The molecular weight excluding hydrogens is 402 g/mol. The van der Waals surface area contributed by atoms with Crippen molar-refractivity contribution in [2.75, 3.05) is 14.2 Å². The molecule has 10 nitrogen and oxygen atoms in total. The molecule has 156 valence electrons. The van der Waals surface area contributed by atoms with Gasteiger partial charge in [0.1, 0.15) is 23.1 Å². The molecule has 1 atom stereocenters. The highest BCUT2D eigenvalue weighted by Gasteiger charge is 2.36. The summed E-state index contributed by atoms with van der Waals surface area (Å²) in [6, 6.07) is 13.3. The minimum absolute atomic E-state index is 0.0617. The predicted octanol–water partition coefficient (Wildman–Crippen LogP) is 3.22. The maximum atomic E-state index is 11.1. The molecule has 0 aliphatic carbocycles. The van der Waals surface area contributed by atoms with Gasteiger partial charge in [0.05, 0.1) is 36.3 Å². The molecule has 31 heavy (non-hydrogen) atoms. The maximum Gasteiger partial charge on any atom is 0.269 e. The van der Waals surface area contributed by atoms with E-state index in [0.717, 1.165) is 0 Å². The molecule has 0 radical (unpaired) electrons. The molecule has 1 aliphatic heterocycles. The number of benzene rings is 2. The van der Waals surface area contributed by atoms with Gasteiger partial charge in [-0.2, -0.15) is 5.26 Å². The normalized spacial score (nSPS) is 14.9. The minimum atomic E-state index is -0.654. The van der Waals surface area contributed by atoms with Crippen LogP contribution in [0.2, 0.25) is 0 Å². The van der Waals surface area contributed by atoms with E-state index >= 15 is 0 Å². The number of aromatic nitrogens is 2. The molecule has 0 bridgehead atoms. The molecule has 0 unspecified atom stereocenters. The Morgan fingerprint density at radius 1 is 1.23 bits per heavy atom. The first-order chi connectivity index (χ1) is 15.0. The number of hydrogen-bond donors (Lipinski definition) is 2. The standard InChI is InChI=1S/C21H17N5O5/c1-29-13-7-8-16(30-2)14(9-13)19-18-17(11-3-5-12(6-4-11)26(27)28)15(10-22)20(23)31-21(18)25-24-19/h3-9,17H,23H2,1-2H3,(H,24,25)/t17-/m1/s1. The Balaban J connectivity index is 1.94. The van der Waals surface area contributed by atoms with Crippen LogP contribution < -0.4 is 19.9 Å². The summed E-state index contributed by atoms with van der Waals surface area (Å²) in [6.45, 7) is 0. The lowest BCUT2D eigenvalue weighted by molar-refractivity contribution is -0.384. The summed E-state index contributed by atoms with van der Waals surface area (Å²) in [6.07, 6.45) is 0. The highest BCUT2D eigenvalue weighted by atomic mass is 16.6. The first kappa shape index (κ1) is 19.8. The van der Waals surface area contributed by atoms with E-state index < -0.39 is 10.8 Å². The number of fused-ring (bicyclic) bond motifs is 1. The third-order valence-corrected chi connectivity index (χ3v) is 5.05. The number of nitrogens with zero attached hydrogens (tertiary/aromatic N) is 3. The van der Waals surface area contributed by atoms with Crippen molar-refractivity contribution in [3.8, 4) is 34.7 Å². The lowest BCUT2D eigenvalue weighted by Gasteiger charge is -2.24. The molecule has 2 heterocycles. The van der Waals surface area contributed by atoms with Gasteiger partial charge in [0.2, 0.25) is 11.8 Å². The summed E-state index contributed by atoms with van der Waals surface area (Å²) in [4.78, 5) is 10.6. The fourth-order valence-corrected chi connectivity index (χ4v) is 3.58. The number of nitriles is 1. The summed E-state index contributed by atoms with van der Waals surface area (Å²) in [7, 11) is 3.09. The highest BCUT2D eigenvalue weighted by molar-refractivity contribution is 5.76. The van der Waals surface area contributed by atoms with Gasteiger partial charge in [0.25, 0.3) is 5.69 Å². The largest absolute Gasteiger partial charge is 0.497 e. The Morgan fingerprint density at radius 2 is 1.97 bits per heavy atom. The third kappa shape index (κ3) is 3.28. The number of ether oxygens (including phenoxy) is 3. The zero-order valence-electron chi connectivity index (χ0n) is 16.6. The Hall–Kier alpha value is -4.52. The van der Waals surface area contributed by atoms with Crippen LogP contribution in [0.5, 0.6) is 17.4 Å². The van der Waals surface area contributed by atoms with E-state index in [4.69, 9.17) is 19.9 Å². The van der Waals surface area contributed by atoms with Crippen LogP contribution in [0.3, 0.4) is 0 Å². The van der Waals surface area contributed by atoms with Crippen LogP contribution in [0, 0.1) is 21.4 Å². The number of nitrogens with one attached hydrogen (secondary N) is 1.